The fourth-order valence-electron chi connectivity index (χ4n) is 2.94. The summed E-state index contributed by atoms with van der Waals surface area (Å²) < 4.78 is 0. The number of carboxylic acid groups (broad SMARTS) is 1. The third-order valence-electron chi connectivity index (χ3n) is 4.29. The van der Waals surface area contributed by atoms with Crippen LogP contribution in [0, 0.1) is 0 Å². The van der Waals surface area contributed by atoms with E-state index in [1.165, 1.54) is 5.56 Å². The molecule has 1 heterocycles. The maximum absolute atomic E-state index is 12.3. The van der Waals surface area contributed by atoms with Gasteiger partial charge >= 0.3 is 12.0 Å². The summed E-state index contributed by atoms with van der Waals surface area (Å²) >= 11 is 0. The predicted octanol–water partition coefficient (Wildman–Crippen LogP) is 3.31. The summed E-state index contributed by atoms with van der Waals surface area (Å²) in [4.78, 5) is 24.6. The van der Waals surface area contributed by atoms with E-state index < -0.39 is 5.97 Å². The van der Waals surface area contributed by atoms with Crippen LogP contribution in [-0.4, -0.2) is 35.1 Å². The van der Waals surface area contributed by atoms with Crippen molar-refractivity contribution in [1.29, 1.82) is 0 Å². The Morgan fingerprint density at radius 1 is 1.26 bits per heavy atom. The zero-order chi connectivity index (χ0) is 17.0. The number of carbonyl (C=O) groups is 2. The van der Waals surface area contributed by atoms with E-state index in [0.29, 0.717) is 6.54 Å². The topological polar surface area (TPSA) is 69.6 Å². The van der Waals surface area contributed by atoms with Gasteiger partial charge < -0.3 is 15.3 Å². The molecule has 0 radical (unpaired) electrons. The number of likely N-dealkylation sites (tertiary alicyclic amines) is 1. The van der Waals surface area contributed by atoms with E-state index in [2.05, 4.69) is 50.4 Å². The molecule has 2 N–H and O–H groups in total. The number of hydrogen-bond acceptors (Lipinski definition) is 2. The molecule has 1 saturated heterocycles. The van der Waals surface area contributed by atoms with Gasteiger partial charge in [0.25, 0.3) is 0 Å². The fraction of sp³-hybridized carbons (Fsp3) is 0.556. The van der Waals surface area contributed by atoms with Crippen LogP contribution in [0.15, 0.2) is 24.3 Å². The summed E-state index contributed by atoms with van der Waals surface area (Å²) in [5.74, 6) is -0.902. The molecular weight excluding hydrogens is 292 g/mol. The average molecular weight is 318 g/mol. The lowest BCUT2D eigenvalue weighted by atomic mass is 9.86. The second kappa shape index (κ2) is 7.02. The lowest BCUT2D eigenvalue weighted by Crippen LogP contribution is -2.40. The van der Waals surface area contributed by atoms with Crippen molar-refractivity contribution in [1.82, 2.24) is 10.2 Å². The molecule has 5 heteroatoms. The normalized spacial score (nSPS) is 18.0. The monoisotopic (exact) mass is 318 g/mol. The average Bonchev–Trinajstić information content (AvgIpc) is 2.95. The van der Waals surface area contributed by atoms with Gasteiger partial charge in [0.15, 0.2) is 0 Å². The number of benzene rings is 1. The van der Waals surface area contributed by atoms with Crippen molar-refractivity contribution in [2.45, 2.75) is 51.5 Å². The summed E-state index contributed by atoms with van der Waals surface area (Å²) in [6.07, 6.45) is 1.86. The number of rotatable bonds is 4. The molecule has 23 heavy (non-hydrogen) atoms. The minimum Gasteiger partial charge on any atom is -0.481 e. The van der Waals surface area contributed by atoms with Crippen LogP contribution in [0.25, 0.3) is 0 Å². The summed E-state index contributed by atoms with van der Waals surface area (Å²) in [5.41, 5.74) is 2.53. The van der Waals surface area contributed by atoms with Gasteiger partial charge in [0.05, 0.1) is 12.5 Å². The van der Waals surface area contributed by atoms with Crippen molar-refractivity contribution in [2.24, 2.45) is 0 Å². The van der Waals surface area contributed by atoms with Crippen molar-refractivity contribution in [3.8, 4) is 0 Å². The number of carboxylic acids is 1. The fourth-order valence-corrected chi connectivity index (χ4v) is 2.94. The van der Waals surface area contributed by atoms with Gasteiger partial charge in [-0.2, -0.15) is 0 Å². The van der Waals surface area contributed by atoms with Crippen LogP contribution in [0.1, 0.15) is 57.2 Å². The minimum absolute atomic E-state index is 0.0511. The molecule has 0 aliphatic carbocycles. The summed E-state index contributed by atoms with van der Waals surface area (Å²) in [6, 6.07) is 8.38. The van der Waals surface area contributed by atoms with Gasteiger partial charge in [-0.1, -0.05) is 45.0 Å². The Kier molecular flexibility index (Phi) is 5.29. The Bertz CT molecular complexity index is 561. The Labute approximate surface area is 137 Å². The lowest BCUT2D eigenvalue weighted by Gasteiger charge is -2.26. The Morgan fingerprint density at radius 2 is 1.91 bits per heavy atom. The first kappa shape index (κ1) is 17.3. The summed E-state index contributed by atoms with van der Waals surface area (Å²) in [5, 5.41) is 11.3. The van der Waals surface area contributed by atoms with Crippen LogP contribution in [0.3, 0.4) is 0 Å². The van der Waals surface area contributed by atoms with E-state index in [4.69, 9.17) is 5.11 Å². The SMILES string of the molecule is CC(C)(C)c1ccc(C2CCCN2C(=O)NCCC(=O)O)cc1. The predicted molar refractivity (Wildman–Crippen MR) is 89.5 cm³/mol. The van der Waals surface area contributed by atoms with Crippen LogP contribution < -0.4 is 5.32 Å². The molecule has 0 bridgehead atoms. The van der Waals surface area contributed by atoms with Gasteiger partial charge in [-0.25, -0.2) is 4.79 Å². The standard InChI is InChI=1S/C18H26N2O3/c1-18(2,3)14-8-6-13(7-9-14)15-5-4-12-20(15)17(23)19-11-10-16(21)22/h6-9,15H,4-5,10-12H2,1-3H3,(H,19,23)(H,21,22). The molecule has 2 rings (SSSR count). The van der Waals surface area contributed by atoms with Crippen LogP contribution in [0.2, 0.25) is 0 Å². The highest BCUT2D eigenvalue weighted by Crippen LogP contribution is 2.33. The number of urea groups is 1. The molecule has 1 aromatic rings. The van der Waals surface area contributed by atoms with Gasteiger partial charge in [0.1, 0.15) is 0 Å². The molecule has 2 amide bonds. The molecule has 1 aromatic carbocycles. The molecule has 1 fully saturated rings. The molecule has 5 nitrogen and oxygen atoms in total. The van der Waals surface area contributed by atoms with Gasteiger partial charge in [0, 0.05) is 13.1 Å². The Balaban J connectivity index is 2.03. The Morgan fingerprint density at radius 3 is 2.48 bits per heavy atom. The quantitative estimate of drug-likeness (QED) is 0.895. The highest BCUT2D eigenvalue weighted by Gasteiger charge is 2.30. The molecule has 1 aliphatic rings. The molecule has 1 unspecified atom stereocenters. The molecule has 1 atom stereocenters. The van der Waals surface area contributed by atoms with Crippen LogP contribution in [-0.2, 0) is 10.2 Å². The van der Waals surface area contributed by atoms with Crippen LogP contribution >= 0.6 is 0 Å². The van der Waals surface area contributed by atoms with Gasteiger partial charge in [0.2, 0.25) is 0 Å². The maximum Gasteiger partial charge on any atom is 0.317 e. The van der Waals surface area contributed by atoms with Crippen molar-refractivity contribution in [3.63, 3.8) is 0 Å². The number of amides is 2. The molecular formula is C18H26N2O3. The number of hydrogen-bond donors (Lipinski definition) is 2. The zero-order valence-corrected chi connectivity index (χ0v) is 14.1. The third-order valence-corrected chi connectivity index (χ3v) is 4.29. The van der Waals surface area contributed by atoms with Crippen molar-refractivity contribution in [3.05, 3.63) is 35.4 Å². The molecule has 1 aliphatic heterocycles. The van der Waals surface area contributed by atoms with Gasteiger partial charge in [-0.05, 0) is 29.4 Å². The first-order valence-corrected chi connectivity index (χ1v) is 8.16. The van der Waals surface area contributed by atoms with E-state index in [-0.39, 0.29) is 30.5 Å². The number of carbonyl (C=O) groups excluding carboxylic acids is 1. The van der Waals surface area contributed by atoms with Crippen molar-refractivity contribution >= 4 is 12.0 Å². The smallest absolute Gasteiger partial charge is 0.317 e. The first-order valence-electron chi connectivity index (χ1n) is 8.16. The number of aliphatic carboxylic acids is 1. The second-order valence-corrected chi connectivity index (χ2v) is 7.10. The second-order valence-electron chi connectivity index (χ2n) is 7.10. The largest absolute Gasteiger partial charge is 0.481 e. The zero-order valence-electron chi connectivity index (χ0n) is 14.1. The van der Waals surface area contributed by atoms with E-state index in [0.717, 1.165) is 18.4 Å². The number of nitrogens with zero attached hydrogens (tertiary/aromatic N) is 1. The minimum atomic E-state index is -0.902. The van der Waals surface area contributed by atoms with E-state index in [1.54, 1.807) is 0 Å². The van der Waals surface area contributed by atoms with Gasteiger partial charge in [-0.15, -0.1) is 0 Å². The highest BCUT2D eigenvalue weighted by molar-refractivity contribution is 5.76. The Hall–Kier alpha value is -2.04. The third kappa shape index (κ3) is 4.47. The summed E-state index contributed by atoms with van der Waals surface area (Å²) in [7, 11) is 0. The van der Waals surface area contributed by atoms with Crippen LogP contribution in [0.5, 0.6) is 0 Å². The van der Waals surface area contributed by atoms with E-state index in [9.17, 15) is 9.59 Å². The molecule has 0 spiro atoms. The van der Waals surface area contributed by atoms with E-state index >= 15 is 0 Å². The maximum atomic E-state index is 12.3. The molecule has 0 saturated carbocycles. The van der Waals surface area contributed by atoms with E-state index in [1.807, 2.05) is 4.90 Å². The molecule has 0 aromatic heterocycles. The first-order chi connectivity index (χ1) is 10.8. The summed E-state index contributed by atoms with van der Waals surface area (Å²) in [6.45, 7) is 7.42. The molecule has 126 valence electrons. The van der Waals surface area contributed by atoms with Crippen molar-refractivity contribution < 1.29 is 14.7 Å². The number of nitrogens with one attached hydrogen (secondary N) is 1. The van der Waals surface area contributed by atoms with Crippen molar-refractivity contribution in [2.75, 3.05) is 13.1 Å². The van der Waals surface area contributed by atoms with Gasteiger partial charge in [-0.3, -0.25) is 4.79 Å². The lowest BCUT2D eigenvalue weighted by molar-refractivity contribution is -0.136. The van der Waals surface area contributed by atoms with Crippen LogP contribution in [0.4, 0.5) is 4.79 Å². The highest BCUT2D eigenvalue weighted by atomic mass is 16.4.